The van der Waals surface area contributed by atoms with Crippen molar-refractivity contribution < 1.29 is 32.9 Å². The van der Waals surface area contributed by atoms with Gasteiger partial charge < -0.3 is 24.7 Å². The number of halogens is 1. The van der Waals surface area contributed by atoms with Crippen LogP contribution >= 0.6 is 0 Å². The fraction of sp³-hybridized carbons (Fsp3) is 0.240. The first-order valence-corrected chi connectivity index (χ1v) is 10.3. The summed E-state index contributed by atoms with van der Waals surface area (Å²) in [5, 5.41) is 10.0. The summed E-state index contributed by atoms with van der Waals surface area (Å²) in [7, 11) is 5.04. The van der Waals surface area contributed by atoms with E-state index in [1.807, 2.05) is 6.07 Å². The van der Waals surface area contributed by atoms with Crippen molar-refractivity contribution in [1.82, 2.24) is 0 Å². The van der Waals surface area contributed by atoms with Gasteiger partial charge in [0.25, 0.3) is 0 Å². The summed E-state index contributed by atoms with van der Waals surface area (Å²) in [6.07, 6.45) is -0.842. The third kappa shape index (κ3) is 4.59. The Morgan fingerprint density at radius 1 is 1.03 bits per heavy atom. The van der Waals surface area contributed by atoms with E-state index in [0.29, 0.717) is 11.1 Å². The van der Waals surface area contributed by atoms with Gasteiger partial charge in [-0.3, -0.25) is 4.90 Å². The van der Waals surface area contributed by atoms with Gasteiger partial charge in [-0.2, -0.15) is 5.26 Å². The van der Waals surface area contributed by atoms with E-state index in [1.165, 1.54) is 26.4 Å². The third-order valence-corrected chi connectivity index (χ3v) is 5.52. The molecule has 35 heavy (non-hydrogen) atoms. The number of carbonyl (C=O) groups is 2. The fourth-order valence-corrected chi connectivity index (χ4v) is 3.98. The van der Waals surface area contributed by atoms with E-state index in [0.717, 1.165) is 25.2 Å². The van der Waals surface area contributed by atoms with E-state index < -0.39 is 30.0 Å². The Bertz CT molecular complexity index is 1230. The predicted molar refractivity (Wildman–Crippen MR) is 123 cm³/mol. The number of allylic oxidation sites excluding steroid dienone is 1. The molecule has 0 amide bonds. The molecule has 3 rings (SSSR count). The molecule has 1 aliphatic rings. The van der Waals surface area contributed by atoms with Gasteiger partial charge in [-0.05, 0) is 17.7 Å². The van der Waals surface area contributed by atoms with Crippen molar-refractivity contribution in [2.75, 3.05) is 33.3 Å². The Kier molecular flexibility index (Phi) is 7.86. The Morgan fingerprint density at radius 3 is 2.17 bits per heavy atom. The Morgan fingerprint density at radius 2 is 1.66 bits per heavy atom. The number of esters is 2. The molecule has 0 spiro atoms. The smallest absolute Gasteiger partial charge is 0.355 e. The molecule has 1 unspecified atom stereocenters. The van der Waals surface area contributed by atoms with Crippen LogP contribution in [0.2, 0.25) is 0 Å². The highest BCUT2D eigenvalue weighted by molar-refractivity contribution is 6.06. The number of hydrogen-bond acceptors (Lipinski definition) is 9. The van der Waals surface area contributed by atoms with Gasteiger partial charge in [0.15, 0.2) is 6.29 Å². The van der Waals surface area contributed by atoms with Gasteiger partial charge in [-0.25, -0.2) is 14.0 Å². The zero-order valence-corrected chi connectivity index (χ0v) is 19.6. The Labute approximate surface area is 201 Å². The second-order valence-corrected chi connectivity index (χ2v) is 7.35. The van der Waals surface area contributed by atoms with Gasteiger partial charge >= 0.3 is 11.9 Å². The number of nitrogens with two attached hydrogens (primary N) is 1. The lowest BCUT2D eigenvalue weighted by molar-refractivity contribution is -0.139. The largest absolute Gasteiger partial charge is 0.466 e. The van der Waals surface area contributed by atoms with Crippen molar-refractivity contribution in [3.05, 3.63) is 88.1 Å². The lowest BCUT2D eigenvalue weighted by Gasteiger charge is -2.36. The number of hydrogen-bond donors (Lipinski definition) is 1. The van der Waals surface area contributed by atoms with Crippen molar-refractivity contribution in [1.29, 1.82) is 5.26 Å². The number of methoxy groups -OCH3 is 4. The van der Waals surface area contributed by atoms with Gasteiger partial charge in [-0.15, -0.1) is 0 Å². The van der Waals surface area contributed by atoms with Crippen molar-refractivity contribution in [3.63, 3.8) is 0 Å². The molecule has 0 aliphatic carbocycles. The van der Waals surface area contributed by atoms with Crippen LogP contribution in [0, 0.1) is 17.1 Å². The maximum atomic E-state index is 15.4. The molecule has 10 heteroatoms. The molecule has 0 radical (unpaired) electrons. The molecular formula is C25H24FN3O6. The number of nitrogens with zero attached hydrogens (tertiary/aromatic N) is 2. The molecule has 0 saturated heterocycles. The van der Waals surface area contributed by atoms with Crippen LogP contribution in [0.5, 0.6) is 0 Å². The maximum absolute atomic E-state index is 15.4. The molecule has 182 valence electrons. The summed E-state index contributed by atoms with van der Waals surface area (Å²) < 4.78 is 35.7. The molecule has 1 aliphatic heterocycles. The minimum atomic E-state index is -1.05. The van der Waals surface area contributed by atoms with Crippen LogP contribution in [-0.4, -0.2) is 40.4 Å². The van der Waals surface area contributed by atoms with Crippen LogP contribution in [0.25, 0.3) is 0 Å². The van der Waals surface area contributed by atoms with Gasteiger partial charge in [0.05, 0.1) is 43.0 Å². The van der Waals surface area contributed by atoms with Gasteiger partial charge in [0.2, 0.25) is 0 Å². The number of nitriles is 1. The van der Waals surface area contributed by atoms with Crippen molar-refractivity contribution in [3.8, 4) is 6.07 Å². The topological polar surface area (TPSA) is 124 Å². The summed E-state index contributed by atoms with van der Waals surface area (Å²) >= 11 is 0. The molecule has 2 aromatic carbocycles. The lowest BCUT2D eigenvalue weighted by Crippen LogP contribution is -2.41. The first-order chi connectivity index (χ1) is 16.8. The van der Waals surface area contributed by atoms with E-state index in [2.05, 4.69) is 0 Å². The van der Waals surface area contributed by atoms with Crippen LogP contribution < -0.4 is 10.6 Å². The second-order valence-electron chi connectivity index (χ2n) is 7.35. The maximum Gasteiger partial charge on any atom is 0.355 e. The highest BCUT2D eigenvalue weighted by Crippen LogP contribution is 2.43. The quantitative estimate of drug-likeness (QED) is 0.469. The summed E-state index contributed by atoms with van der Waals surface area (Å²) in [6, 6.07) is 14.5. The molecule has 0 aromatic heterocycles. The summed E-state index contributed by atoms with van der Waals surface area (Å²) in [6.45, 7) is 0. The third-order valence-electron chi connectivity index (χ3n) is 5.52. The zero-order valence-electron chi connectivity index (χ0n) is 19.6. The summed E-state index contributed by atoms with van der Waals surface area (Å²) in [5.74, 6) is -3.98. The minimum absolute atomic E-state index is 0.0700. The lowest BCUT2D eigenvalue weighted by atomic mass is 9.81. The van der Waals surface area contributed by atoms with Gasteiger partial charge in [0.1, 0.15) is 17.3 Å². The molecular weight excluding hydrogens is 457 g/mol. The number of carbonyl (C=O) groups excluding carboxylic acids is 2. The van der Waals surface area contributed by atoms with Crippen molar-refractivity contribution in [2.24, 2.45) is 5.73 Å². The SMILES string of the molecule is COC(=O)C1=C(C(=O)OC)N(c2ccc(C(OC)OC)cc2F)C(N)=C(C#N)C1c1ccccc1. The second kappa shape index (κ2) is 10.8. The number of anilines is 1. The highest BCUT2D eigenvalue weighted by Gasteiger charge is 2.43. The molecule has 0 fully saturated rings. The molecule has 1 heterocycles. The fourth-order valence-electron chi connectivity index (χ4n) is 3.98. The summed E-state index contributed by atoms with van der Waals surface area (Å²) in [5.41, 5.74) is 6.38. The molecule has 2 N–H and O–H groups in total. The number of rotatable bonds is 7. The first-order valence-electron chi connectivity index (χ1n) is 10.3. The van der Waals surface area contributed by atoms with E-state index in [-0.39, 0.29) is 28.4 Å². The zero-order chi connectivity index (χ0) is 25.7. The summed E-state index contributed by atoms with van der Waals surface area (Å²) in [4.78, 5) is 27.0. The van der Waals surface area contributed by atoms with Crippen LogP contribution in [0.4, 0.5) is 10.1 Å². The standard InChI is InChI=1S/C25H24FN3O6/c1-32-23(30)20-19(14-8-6-5-7-9-14)16(13-27)22(28)29(21(20)24(31)33-2)18-11-10-15(12-17(18)26)25(34-3)35-4/h5-12,19,25H,28H2,1-4H3. The van der Waals surface area contributed by atoms with Crippen LogP contribution in [0.3, 0.4) is 0 Å². The van der Waals surface area contributed by atoms with Crippen molar-refractivity contribution >= 4 is 17.6 Å². The number of benzene rings is 2. The highest BCUT2D eigenvalue weighted by atomic mass is 19.1. The monoisotopic (exact) mass is 481 g/mol. The molecule has 0 bridgehead atoms. The first kappa shape index (κ1) is 25.4. The van der Waals surface area contributed by atoms with Crippen LogP contribution in [-0.2, 0) is 28.5 Å². The Hall–Kier alpha value is -4.20. The van der Waals surface area contributed by atoms with Crippen LogP contribution in [0.1, 0.15) is 23.3 Å². The Balaban J connectivity index is 2.36. The van der Waals surface area contributed by atoms with E-state index in [1.54, 1.807) is 30.3 Å². The van der Waals surface area contributed by atoms with Gasteiger partial charge in [0, 0.05) is 19.8 Å². The molecule has 0 saturated carbocycles. The van der Waals surface area contributed by atoms with E-state index in [4.69, 9.17) is 24.7 Å². The van der Waals surface area contributed by atoms with E-state index >= 15 is 4.39 Å². The normalized spacial score (nSPS) is 15.8. The van der Waals surface area contributed by atoms with Crippen LogP contribution in [0.15, 0.2) is 71.2 Å². The average molecular weight is 481 g/mol. The van der Waals surface area contributed by atoms with Crippen molar-refractivity contribution in [2.45, 2.75) is 12.2 Å². The average Bonchev–Trinajstić information content (AvgIpc) is 2.88. The van der Waals surface area contributed by atoms with E-state index in [9.17, 15) is 14.9 Å². The van der Waals surface area contributed by atoms with Gasteiger partial charge in [-0.1, -0.05) is 36.4 Å². The molecule has 1 atom stereocenters. The number of ether oxygens (including phenoxy) is 4. The molecule has 9 nitrogen and oxygen atoms in total. The minimum Gasteiger partial charge on any atom is -0.466 e. The molecule has 2 aromatic rings. The predicted octanol–water partition coefficient (Wildman–Crippen LogP) is 3.01.